The van der Waals surface area contributed by atoms with Crippen LogP contribution in [0.2, 0.25) is 5.02 Å². The van der Waals surface area contributed by atoms with E-state index in [4.69, 9.17) is 11.6 Å². The third-order valence-corrected chi connectivity index (χ3v) is 5.00. The molecule has 0 saturated heterocycles. The highest BCUT2D eigenvalue weighted by Crippen LogP contribution is 2.33. The minimum atomic E-state index is -0.422. The number of rotatable bonds is 5. The minimum absolute atomic E-state index is 0.0759. The van der Waals surface area contributed by atoms with Crippen LogP contribution < -0.4 is 0 Å². The molecule has 1 aromatic heterocycles. The van der Waals surface area contributed by atoms with E-state index in [0.29, 0.717) is 33.1 Å². The Kier molecular flexibility index (Phi) is 4.69. The number of hydrogen-bond acceptors (Lipinski definition) is 2. The third kappa shape index (κ3) is 3.33. The Balaban J connectivity index is 1.96. The molecule has 1 aromatic carbocycles. The average Bonchev–Trinajstić information content (AvgIpc) is 3.31. The number of carbonyl (C=O) groups is 2. The Hall–Kier alpha value is -2.14. The van der Waals surface area contributed by atoms with Crippen molar-refractivity contribution in [3.05, 3.63) is 57.1 Å². The molecule has 0 radical (unpaired) electrons. The number of aromatic amines is 1. The van der Waals surface area contributed by atoms with Gasteiger partial charge in [0.1, 0.15) is 11.5 Å². The van der Waals surface area contributed by atoms with Gasteiger partial charge in [-0.2, -0.15) is 0 Å². The van der Waals surface area contributed by atoms with Gasteiger partial charge in [-0.1, -0.05) is 17.7 Å². The number of nitrogens with one attached hydrogen (secondary N) is 1. The zero-order valence-corrected chi connectivity index (χ0v) is 15.2. The van der Waals surface area contributed by atoms with Crippen LogP contribution in [-0.2, 0) is 6.54 Å². The van der Waals surface area contributed by atoms with E-state index in [2.05, 4.69) is 4.98 Å². The van der Waals surface area contributed by atoms with Crippen LogP contribution in [0.1, 0.15) is 57.4 Å². The smallest absolute Gasteiger partial charge is 0.271 e. The van der Waals surface area contributed by atoms with Gasteiger partial charge in [0.25, 0.3) is 5.91 Å². The van der Waals surface area contributed by atoms with Gasteiger partial charge >= 0.3 is 0 Å². The molecule has 1 aliphatic rings. The number of benzene rings is 1. The Morgan fingerprint density at radius 2 is 2.00 bits per heavy atom. The highest BCUT2D eigenvalue weighted by atomic mass is 35.5. The molecule has 1 heterocycles. The molecular formula is C19H20ClFN2O2. The number of carbonyl (C=O) groups excluding carboxylic acids is 2. The van der Waals surface area contributed by atoms with Gasteiger partial charge in [0.05, 0.1) is 6.54 Å². The van der Waals surface area contributed by atoms with Crippen LogP contribution in [0.15, 0.2) is 18.2 Å². The van der Waals surface area contributed by atoms with Crippen molar-refractivity contribution in [2.24, 2.45) is 0 Å². The zero-order chi connectivity index (χ0) is 18.3. The molecular weight excluding hydrogens is 343 g/mol. The Morgan fingerprint density at radius 1 is 1.32 bits per heavy atom. The number of nitrogens with zero attached hydrogens (tertiary/aromatic N) is 1. The molecule has 1 aliphatic carbocycles. The van der Waals surface area contributed by atoms with E-state index in [0.717, 1.165) is 12.8 Å². The van der Waals surface area contributed by atoms with E-state index in [-0.39, 0.29) is 24.3 Å². The number of aromatic nitrogens is 1. The molecule has 132 valence electrons. The van der Waals surface area contributed by atoms with Crippen molar-refractivity contribution in [2.75, 3.05) is 0 Å². The van der Waals surface area contributed by atoms with Crippen LogP contribution in [0.3, 0.4) is 0 Å². The number of Topliss-reactive ketones (excluding diaryl/α,β-unsaturated/α-hetero) is 1. The first-order chi connectivity index (χ1) is 11.8. The van der Waals surface area contributed by atoms with Gasteiger partial charge in [-0.3, -0.25) is 9.59 Å². The van der Waals surface area contributed by atoms with Crippen LogP contribution in [0.5, 0.6) is 0 Å². The van der Waals surface area contributed by atoms with Crippen LogP contribution in [-0.4, -0.2) is 27.6 Å². The van der Waals surface area contributed by atoms with Crippen LogP contribution in [0.4, 0.5) is 4.39 Å². The summed E-state index contributed by atoms with van der Waals surface area (Å²) in [6, 6.07) is 4.58. The summed E-state index contributed by atoms with van der Waals surface area (Å²) in [6.45, 7) is 5.13. The van der Waals surface area contributed by atoms with Gasteiger partial charge in [-0.05, 0) is 51.3 Å². The molecule has 0 spiro atoms. The second-order valence-electron chi connectivity index (χ2n) is 6.55. The zero-order valence-electron chi connectivity index (χ0n) is 14.5. The van der Waals surface area contributed by atoms with E-state index in [1.807, 2.05) is 0 Å². The second kappa shape index (κ2) is 6.64. The lowest BCUT2D eigenvalue weighted by Crippen LogP contribution is -2.33. The summed E-state index contributed by atoms with van der Waals surface area (Å²) >= 11 is 6.12. The summed E-state index contributed by atoms with van der Waals surface area (Å²) in [4.78, 5) is 29.6. The maximum absolute atomic E-state index is 14.1. The Morgan fingerprint density at radius 3 is 2.52 bits per heavy atom. The molecule has 3 rings (SSSR count). The molecule has 1 fully saturated rings. The number of hydrogen-bond donors (Lipinski definition) is 1. The standard InChI is InChI=1S/C19H20ClFN2O2/c1-10-17(12(3)24)11(2)22-18(10)19(25)23(13-7-8-13)9-14-15(20)5-4-6-16(14)21/h4-6,13,22H,7-9H2,1-3H3. The first-order valence-corrected chi connectivity index (χ1v) is 8.63. The maximum Gasteiger partial charge on any atom is 0.271 e. The van der Waals surface area contributed by atoms with Gasteiger partial charge in [0.15, 0.2) is 5.78 Å². The molecule has 2 aromatic rings. The lowest BCUT2D eigenvalue weighted by molar-refractivity contribution is 0.0722. The normalized spacial score (nSPS) is 13.8. The largest absolute Gasteiger partial charge is 0.354 e. The van der Waals surface area contributed by atoms with Crippen LogP contribution in [0, 0.1) is 19.7 Å². The number of ketones is 1. The molecule has 0 aliphatic heterocycles. The van der Waals surface area contributed by atoms with E-state index >= 15 is 0 Å². The molecule has 1 N–H and O–H groups in total. The lowest BCUT2D eigenvalue weighted by atomic mass is 10.1. The predicted octanol–water partition coefficient (Wildman–Crippen LogP) is 4.43. The van der Waals surface area contributed by atoms with Crippen molar-refractivity contribution in [3.8, 4) is 0 Å². The average molecular weight is 363 g/mol. The van der Waals surface area contributed by atoms with Crippen molar-refractivity contribution < 1.29 is 14.0 Å². The molecule has 0 atom stereocenters. The SMILES string of the molecule is CC(=O)c1c(C)[nH]c(C(=O)N(Cc2c(F)cccc2Cl)C2CC2)c1C. The number of halogens is 2. The van der Waals surface area contributed by atoms with Gasteiger partial charge in [-0.25, -0.2) is 4.39 Å². The first kappa shape index (κ1) is 17.7. The quantitative estimate of drug-likeness (QED) is 0.800. The third-order valence-electron chi connectivity index (χ3n) is 4.64. The molecule has 25 heavy (non-hydrogen) atoms. The molecule has 0 unspecified atom stereocenters. The monoisotopic (exact) mass is 362 g/mol. The Bertz CT molecular complexity index is 835. The van der Waals surface area contributed by atoms with E-state index in [9.17, 15) is 14.0 Å². The van der Waals surface area contributed by atoms with Gasteiger partial charge in [0.2, 0.25) is 0 Å². The summed E-state index contributed by atoms with van der Waals surface area (Å²) in [6.07, 6.45) is 1.77. The summed E-state index contributed by atoms with van der Waals surface area (Å²) in [5.41, 5.74) is 2.57. The second-order valence-corrected chi connectivity index (χ2v) is 6.95. The lowest BCUT2D eigenvalue weighted by Gasteiger charge is -2.23. The number of amides is 1. The fourth-order valence-electron chi connectivity index (χ4n) is 3.24. The predicted molar refractivity (Wildman–Crippen MR) is 94.6 cm³/mol. The van der Waals surface area contributed by atoms with Gasteiger partial charge in [0, 0.05) is 27.9 Å². The van der Waals surface area contributed by atoms with Gasteiger partial charge in [-0.15, -0.1) is 0 Å². The number of aryl methyl sites for hydroxylation is 1. The van der Waals surface area contributed by atoms with E-state index in [1.54, 1.807) is 30.9 Å². The van der Waals surface area contributed by atoms with Crippen molar-refractivity contribution in [3.63, 3.8) is 0 Å². The molecule has 1 saturated carbocycles. The summed E-state index contributed by atoms with van der Waals surface area (Å²) in [7, 11) is 0. The van der Waals surface area contributed by atoms with Crippen molar-refractivity contribution in [1.29, 1.82) is 0 Å². The molecule has 0 bridgehead atoms. The first-order valence-electron chi connectivity index (χ1n) is 8.25. The maximum atomic E-state index is 14.1. The summed E-state index contributed by atoms with van der Waals surface area (Å²) < 4.78 is 14.1. The van der Waals surface area contributed by atoms with Crippen molar-refractivity contribution in [1.82, 2.24) is 9.88 Å². The van der Waals surface area contributed by atoms with Gasteiger partial charge < -0.3 is 9.88 Å². The fraction of sp³-hybridized carbons (Fsp3) is 0.368. The van der Waals surface area contributed by atoms with E-state index < -0.39 is 5.82 Å². The topological polar surface area (TPSA) is 53.2 Å². The van der Waals surface area contributed by atoms with Crippen LogP contribution in [0.25, 0.3) is 0 Å². The molecule has 4 nitrogen and oxygen atoms in total. The highest BCUT2D eigenvalue weighted by molar-refractivity contribution is 6.31. The summed E-state index contributed by atoms with van der Waals surface area (Å²) in [5.74, 6) is -0.731. The van der Waals surface area contributed by atoms with Crippen molar-refractivity contribution >= 4 is 23.3 Å². The molecule has 1 amide bonds. The Labute approximate surface area is 151 Å². The molecule has 6 heteroatoms. The summed E-state index contributed by atoms with van der Waals surface area (Å²) in [5, 5.41) is 0.308. The van der Waals surface area contributed by atoms with Crippen molar-refractivity contribution in [2.45, 2.75) is 46.2 Å². The minimum Gasteiger partial charge on any atom is -0.354 e. The number of H-pyrrole nitrogens is 1. The van der Waals surface area contributed by atoms with Crippen LogP contribution >= 0.6 is 11.6 Å². The fourth-order valence-corrected chi connectivity index (χ4v) is 3.47. The van der Waals surface area contributed by atoms with E-state index in [1.165, 1.54) is 13.0 Å². The highest BCUT2D eigenvalue weighted by Gasteiger charge is 2.35.